The van der Waals surface area contributed by atoms with E-state index in [2.05, 4.69) is 171 Å². The smallest absolute Gasteiger partial charge is 0.00235 e. The molecule has 0 spiro atoms. The molecule has 0 unspecified atom stereocenters. The minimum Gasteiger partial charge on any atom is -0.0622 e. The summed E-state index contributed by atoms with van der Waals surface area (Å²) in [6.45, 7) is 2.26. The van der Waals surface area contributed by atoms with Gasteiger partial charge >= 0.3 is 0 Å². The van der Waals surface area contributed by atoms with Crippen molar-refractivity contribution < 1.29 is 0 Å². The Morgan fingerprint density at radius 2 is 0.733 bits per heavy atom. The molecule has 0 saturated heterocycles. The van der Waals surface area contributed by atoms with Crippen LogP contribution < -0.4 is 0 Å². The van der Waals surface area contributed by atoms with E-state index in [0.29, 0.717) is 0 Å². The van der Waals surface area contributed by atoms with Crippen LogP contribution in [-0.2, 0) is 0 Å². The van der Waals surface area contributed by atoms with Crippen LogP contribution in [0.15, 0.2) is 164 Å². The molecule has 210 valence electrons. The van der Waals surface area contributed by atoms with Crippen molar-refractivity contribution in [3.63, 3.8) is 0 Å². The molecule has 0 heterocycles. The Kier molecular flexibility index (Phi) is 5.83. The lowest BCUT2D eigenvalue weighted by Crippen LogP contribution is -1.98. The van der Waals surface area contributed by atoms with Crippen LogP contribution in [0.2, 0.25) is 0 Å². The Labute approximate surface area is 263 Å². The molecule has 0 aliphatic heterocycles. The molecule has 0 fully saturated rings. The SMILES string of the molecule is Cc1cccc2c(-c3ccccc3)c3ccccc3c(-c3ccc4c(c3)-c3ccccc3-c3ccccc3-c3ccccc3-4)c12. The highest BCUT2D eigenvalue weighted by Crippen LogP contribution is 2.50. The number of aryl methyl sites for hydroxylation is 1. The fourth-order valence-electron chi connectivity index (χ4n) is 7.64. The van der Waals surface area contributed by atoms with Gasteiger partial charge in [0.1, 0.15) is 0 Å². The largest absolute Gasteiger partial charge is 0.0622 e. The number of hydrogen-bond acceptors (Lipinski definition) is 0. The van der Waals surface area contributed by atoms with Gasteiger partial charge in [0.25, 0.3) is 0 Å². The first kappa shape index (κ1) is 25.7. The molecule has 0 atom stereocenters. The van der Waals surface area contributed by atoms with Crippen LogP contribution in [0.5, 0.6) is 0 Å². The summed E-state index contributed by atoms with van der Waals surface area (Å²) in [6.07, 6.45) is 0. The fraction of sp³-hybridized carbons (Fsp3) is 0.0222. The highest BCUT2D eigenvalue weighted by molar-refractivity contribution is 6.22. The first-order valence-corrected chi connectivity index (χ1v) is 15.7. The monoisotopic (exact) mass is 570 g/mol. The summed E-state index contributed by atoms with van der Waals surface area (Å²) < 4.78 is 0. The third-order valence-electron chi connectivity index (χ3n) is 9.57. The van der Waals surface area contributed by atoms with E-state index in [1.165, 1.54) is 93.9 Å². The molecule has 1 aliphatic carbocycles. The van der Waals surface area contributed by atoms with E-state index >= 15 is 0 Å². The van der Waals surface area contributed by atoms with Gasteiger partial charge in [-0.1, -0.05) is 158 Å². The van der Waals surface area contributed by atoms with Gasteiger partial charge in [0.05, 0.1) is 0 Å². The molecule has 0 bridgehead atoms. The average molecular weight is 571 g/mol. The summed E-state index contributed by atoms with van der Waals surface area (Å²) in [6, 6.07) is 60.4. The van der Waals surface area contributed by atoms with E-state index in [1.807, 2.05) is 0 Å². The summed E-state index contributed by atoms with van der Waals surface area (Å²) in [7, 11) is 0. The third kappa shape index (κ3) is 3.93. The van der Waals surface area contributed by atoms with Gasteiger partial charge in [-0.25, -0.2) is 0 Å². The predicted molar refractivity (Wildman–Crippen MR) is 192 cm³/mol. The van der Waals surface area contributed by atoms with Crippen LogP contribution in [0.3, 0.4) is 0 Å². The van der Waals surface area contributed by atoms with Crippen LogP contribution in [0.1, 0.15) is 5.56 Å². The quantitative estimate of drug-likeness (QED) is 0.181. The summed E-state index contributed by atoms with van der Waals surface area (Å²) in [4.78, 5) is 0. The lowest BCUT2D eigenvalue weighted by Gasteiger charge is -2.24. The lowest BCUT2D eigenvalue weighted by molar-refractivity contribution is 1.51. The number of hydrogen-bond donors (Lipinski definition) is 0. The molecule has 0 aromatic heterocycles. The van der Waals surface area contributed by atoms with Crippen molar-refractivity contribution in [3.8, 4) is 66.8 Å². The Balaban J connectivity index is 1.41. The summed E-state index contributed by atoms with van der Waals surface area (Å²) in [5.74, 6) is 0. The number of rotatable bonds is 2. The van der Waals surface area contributed by atoms with Crippen molar-refractivity contribution in [2.24, 2.45) is 0 Å². The maximum Gasteiger partial charge on any atom is -0.00235 e. The van der Waals surface area contributed by atoms with Crippen molar-refractivity contribution in [1.29, 1.82) is 0 Å². The van der Waals surface area contributed by atoms with Gasteiger partial charge in [-0.05, 0) is 107 Å². The molecular weight excluding hydrogens is 540 g/mol. The van der Waals surface area contributed by atoms with Crippen molar-refractivity contribution in [2.75, 3.05) is 0 Å². The summed E-state index contributed by atoms with van der Waals surface area (Å²) in [5, 5.41) is 5.17. The maximum absolute atomic E-state index is 2.45. The van der Waals surface area contributed by atoms with Crippen molar-refractivity contribution in [3.05, 3.63) is 169 Å². The zero-order valence-electron chi connectivity index (χ0n) is 25.1. The second-order valence-electron chi connectivity index (χ2n) is 12.1. The van der Waals surface area contributed by atoms with E-state index in [4.69, 9.17) is 0 Å². The van der Waals surface area contributed by atoms with Crippen LogP contribution >= 0.6 is 0 Å². The zero-order chi connectivity index (χ0) is 29.9. The summed E-state index contributed by atoms with van der Waals surface area (Å²) in [5.41, 5.74) is 16.5. The van der Waals surface area contributed by atoms with E-state index in [1.54, 1.807) is 0 Å². The number of benzene rings is 8. The first-order valence-electron chi connectivity index (χ1n) is 15.7. The molecule has 0 radical (unpaired) electrons. The Hall–Kier alpha value is -5.72. The van der Waals surface area contributed by atoms with Crippen molar-refractivity contribution in [2.45, 2.75) is 6.92 Å². The van der Waals surface area contributed by atoms with Crippen LogP contribution in [-0.4, -0.2) is 0 Å². The van der Waals surface area contributed by atoms with Crippen LogP contribution in [0, 0.1) is 6.92 Å². The molecule has 0 nitrogen and oxygen atoms in total. The van der Waals surface area contributed by atoms with Gasteiger partial charge in [0.2, 0.25) is 0 Å². The van der Waals surface area contributed by atoms with E-state index in [0.717, 1.165) is 0 Å². The molecule has 9 rings (SSSR count). The van der Waals surface area contributed by atoms with E-state index in [9.17, 15) is 0 Å². The van der Waals surface area contributed by atoms with Crippen molar-refractivity contribution >= 4 is 21.5 Å². The highest BCUT2D eigenvalue weighted by atomic mass is 14.3. The normalized spacial score (nSPS) is 11.7. The highest BCUT2D eigenvalue weighted by Gasteiger charge is 2.23. The van der Waals surface area contributed by atoms with Crippen molar-refractivity contribution in [1.82, 2.24) is 0 Å². The molecule has 0 heteroatoms. The summed E-state index contributed by atoms with van der Waals surface area (Å²) >= 11 is 0. The van der Waals surface area contributed by atoms with E-state index < -0.39 is 0 Å². The van der Waals surface area contributed by atoms with Crippen LogP contribution in [0.4, 0.5) is 0 Å². The van der Waals surface area contributed by atoms with Gasteiger partial charge in [0, 0.05) is 0 Å². The van der Waals surface area contributed by atoms with Gasteiger partial charge in [0.15, 0.2) is 0 Å². The molecule has 45 heavy (non-hydrogen) atoms. The topological polar surface area (TPSA) is 0 Å². The Morgan fingerprint density at radius 1 is 0.289 bits per heavy atom. The third-order valence-corrected chi connectivity index (χ3v) is 9.57. The minimum absolute atomic E-state index is 1.24. The fourth-order valence-corrected chi connectivity index (χ4v) is 7.64. The van der Waals surface area contributed by atoms with E-state index in [-0.39, 0.29) is 0 Å². The van der Waals surface area contributed by atoms with Crippen LogP contribution in [0.25, 0.3) is 88.3 Å². The molecule has 8 aromatic carbocycles. The minimum atomic E-state index is 1.24. The molecule has 8 aromatic rings. The Morgan fingerprint density at radius 3 is 1.31 bits per heavy atom. The zero-order valence-corrected chi connectivity index (χ0v) is 25.1. The van der Waals surface area contributed by atoms with Gasteiger partial charge in [-0.15, -0.1) is 0 Å². The Bertz CT molecular complexity index is 2420. The lowest BCUT2D eigenvalue weighted by atomic mass is 9.79. The standard InChI is InChI=1S/C45H30/c1-29-14-13-25-41-43(29)45(40-24-12-11-23-39(40)44(41)30-15-3-2-4-16-30)31-26-27-38-36-21-8-7-19-34(36)32-17-5-6-18-33(32)35-20-9-10-22-37(35)42(38)28-31/h2-28H,1H3. The molecule has 1 aliphatic rings. The maximum atomic E-state index is 2.45. The molecule has 0 N–H and O–H groups in total. The molecule has 0 amide bonds. The van der Waals surface area contributed by atoms with Gasteiger partial charge < -0.3 is 0 Å². The molecule has 0 saturated carbocycles. The second-order valence-corrected chi connectivity index (χ2v) is 12.1. The first-order chi connectivity index (χ1) is 22.3. The van der Waals surface area contributed by atoms with Gasteiger partial charge in [-0.3, -0.25) is 0 Å². The second kappa shape index (κ2) is 10.2. The predicted octanol–water partition coefficient (Wildman–Crippen LogP) is 12.6. The molecular formula is C45H30. The average Bonchev–Trinajstić information content (AvgIpc) is 3.10. The number of fused-ring (bicyclic) bond motifs is 10. The van der Waals surface area contributed by atoms with Gasteiger partial charge in [-0.2, -0.15) is 0 Å².